The smallest absolute Gasteiger partial charge is 0.187 e. The number of ether oxygens (including phenoxy) is 9. The summed E-state index contributed by atoms with van der Waals surface area (Å²) in [6.45, 7) is 15.2. The van der Waals surface area contributed by atoms with Crippen molar-refractivity contribution in [2.75, 3.05) is 26.4 Å². The van der Waals surface area contributed by atoms with Crippen molar-refractivity contribution in [3.63, 3.8) is 0 Å². The van der Waals surface area contributed by atoms with E-state index < -0.39 is 181 Å². The molecule has 22 heteroatoms. The monoisotopic (exact) mass is 1090 g/mol. The van der Waals surface area contributed by atoms with Crippen LogP contribution in [-0.4, -0.2) is 233 Å². The van der Waals surface area contributed by atoms with Gasteiger partial charge in [-0.3, -0.25) is 0 Å². The number of fused-ring (bicyclic) bond motifs is 4. The van der Waals surface area contributed by atoms with E-state index in [2.05, 4.69) is 46.8 Å². The predicted molar refractivity (Wildman–Crippen MR) is 261 cm³/mol. The molecule has 2 unspecified atom stereocenters. The number of aliphatic hydroxyl groups is 13. The Morgan fingerprint density at radius 3 is 1.66 bits per heavy atom. The van der Waals surface area contributed by atoms with Crippen LogP contribution in [0.1, 0.15) is 107 Å². The number of hydrogen-bond donors (Lipinski definition) is 13. The Hall–Kier alpha value is -1.14. The molecule has 0 aromatic rings. The van der Waals surface area contributed by atoms with Crippen LogP contribution >= 0.6 is 0 Å². The molecule has 5 aliphatic heterocycles. The lowest BCUT2D eigenvalue weighted by atomic mass is 9.32. The topological polar surface area (TPSA) is 346 Å². The zero-order valence-electron chi connectivity index (χ0n) is 45.1. The average Bonchev–Trinajstić information content (AvgIpc) is 3.89. The molecule has 10 rings (SSSR count). The first-order valence-corrected chi connectivity index (χ1v) is 27.8. The number of allylic oxidation sites excluding steroid dienone is 1. The molecule has 2 bridgehead atoms. The Kier molecular flexibility index (Phi) is 15.5. The van der Waals surface area contributed by atoms with Gasteiger partial charge in [0, 0.05) is 22.2 Å². The SMILES string of the molecule is C[C@@H]1O[C@@H](O[C@H]2[C@H](O[C@H]3CC[C@@]4(C)C(CC[C@]5(C)C4C=C[C@]46OC[C@@]7(CCC(C)(C)C[C@H]74)[C@@H](O[C@@H]4O[C@@H](C)[C@H](O)[C@@H](O)[C@H]4O)C[C@]65C)[C@]3(C)CO)O[C@H](CO)[C@@H](O)[C@@H]2O[C@@H]2O[C@H](CO)[C@@H](O)[C@H](O)[C@H]2O)[C@H](O)[C@H](O)[C@H]1O. The Morgan fingerprint density at radius 2 is 1.05 bits per heavy atom. The fourth-order valence-electron chi connectivity index (χ4n) is 17.2. The Balaban J connectivity index is 0.972. The van der Waals surface area contributed by atoms with Crippen LogP contribution in [0.25, 0.3) is 0 Å². The van der Waals surface area contributed by atoms with Gasteiger partial charge in [0.15, 0.2) is 25.2 Å². The van der Waals surface area contributed by atoms with Gasteiger partial charge in [0.2, 0.25) is 0 Å². The van der Waals surface area contributed by atoms with Gasteiger partial charge in [-0.15, -0.1) is 0 Å². The van der Waals surface area contributed by atoms with Crippen molar-refractivity contribution in [1.29, 1.82) is 0 Å². The summed E-state index contributed by atoms with van der Waals surface area (Å²) in [5.74, 6) is -0.212. The van der Waals surface area contributed by atoms with Crippen molar-refractivity contribution in [3.8, 4) is 0 Å². The van der Waals surface area contributed by atoms with Crippen LogP contribution < -0.4 is 0 Å². The molecule has 5 saturated heterocycles. The molecular formula is C54H88O22. The molecular weight excluding hydrogens is 1000 g/mol. The van der Waals surface area contributed by atoms with E-state index in [-0.39, 0.29) is 29.8 Å². The first kappa shape index (κ1) is 58.1. The lowest BCUT2D eigenvalue weighted by molar-refractivity contribution is -0.399. The average molecular weight is 1090 g/mol. The zero-order valence-corrected chi connectivity index (χ0v) is 45.1. The molecule has 76 heavy (non-hydrogen) atoms. The van der Waals surface area contributed by atoms with Crippen LogP contribution in [0, 0.1) is 50.2 Å². The minimum atomic E-state index is -1.93. The molecule has 13 N–H and O–H groups in total. The number of hydrogen-bond acceptors (Lipinski definition) is 22. The molecule has 5 aliphatic carbocycles. The molecule has 0 aromatic carbocycles. The fourth-order valence-corrected chi connectivity index (χ4v) is 17.2. The van der Waals surface area contributed by atoms with Gasteiger partial charge in [-0.05, 0) is 93.3 Å². The Morgan fingerprint density at radius 1 is 0.513 bits per heavy atom. The summed E-state index contributed by atoms with van der Waals surface area (Å²) in [7, 11) is 0. The van der Waals surface area contributed by atoms with Crippen molar-refractivity contribution < 1.29 is 109 Å². The van der Waals surface area contributed by atoms with Gasteiger partial charge >= 0.3 is 0 Å². The van der Waals surface area contributed by atoms with E-state index in [0.717, 1.165) is 19.3 Å². The summed E-state index contributed by atoms with van der Waals surface area (Å²) in [5.41, 5.74) is -3.50. The largest absolute Gasteiger partial charge is 0.396 e. The van der Waals surface area contributed by atoms with Crippen LogP contribution in [0.5, 0.6) is 0 Å². The van der Waals surface area contributed by atoms with Crippen LogP contribution in [0.3, 0.4) is 0 Å². The number of aliphatic hydroxyl groups excluding tert-OH is 13. The molecule has 0 radical (unpaired) electrons. The molecule has 31 atom stereocenters. The standard InChI is InChI=1S/C54H88O22/c1-23-32(58)36(62)39(65)44(69-23)74-31-18-52(8)51(7)13-9-27-49(5,28(51)10-14-54(52)29-17-48(3,4)15-16-53(29,31)22-68-54)12-11-30(50(27,6)21-57)73-47-43(76-45-40(66)37(63)33(59)24(2)70-45)42(35(61)26(20-56)72-47)75-46-41(67)38(64)34(60)25(19-55)71-46/h10,14,23-47,55-67H,9,11-13,15-22H2,1-8H3/t23-,24-,25+,26+,27?,28?,29+,30-,31-,32-,33-,34+,35+,36+,37+,38-,39+,40+,41+,42-,43+,44-,45-,46-,47-,49-,50-,51+,52-,53+,54-/m0/s1. The van der Waals surface area contributed by atoms with Crippen LogP contribution in [0.4, 0.5) is 0 Å². The molecule has 1 spiro atoms. The Bertz CT molecular complexity index is 2100. The molecule has 0 aromatic heterocycles. The second-order valence-corrected chi connectivity index (χ2v) is 26.6. The minimum Gasteiger partial charge on any atom is -0.396 e. The van der Waals surface area contributed by atoms with Crippen molar-refractivity contribution in [2.24, 2.45) is 50.2 Å². The summed E-state index contributed by atoms with van der Waals surface area (Å²) in [4.78, 5) is 0. The summed E-state index contributed by atoms with van der Waals surface area (Å²) in [6, 6.07) is 0. The molecule has 10 aliphatic rings. The minimum absolute atomic E-state index is 0.00274. The third-order valence-corrected chi connectivity index (χ3v) is 22.1. The van der Waals surface area contributed by atoms with E-state index in [1.165, 1.54) is 6.92 Å². The zero-order chi connectivity index (χ0) is 55.2. The van der Waals surface area contributed by atoms with Crippen LogP contribution in [-0.2, 0) is 42.6 Å². The first-order chi connectivity index (χ1) is 35.6. The lowest BCUT2D eigenvalue weighted by Gasteiger charge is -2.73. The quantitative estimate of drug-likeness (QED) is 0.0823. The highest BCUT2D eigenvalue weighted by Gasteiger charge is 2.80. The van der Waals surface area contributed by atoms with Gasteiger partial charge < -0.3 is 109 Å². The van der Waals surface area contributed by atoms with Crippen molar-refractivity contribution in [3.05, 3.63) is 12.2 Å². The van der Waals surface area contributed by atoms with E-state index in [1.54, 1.807) is 6.92 Å². The predicted octanol–water partition coefficient (Wildman–Crippen LogP) is -1.55. The van der Waals surface area contributed by atoms with E-state index in [0.29, 0.717) is 38.7 Å². The first-order valence-electron chi connectivity index (χ1n) is 27.8. The maximum absolute atomic E-state index is 11.8. The summed E-state index contributed by atoms with van der Waals surface area (Å²) < 4.78 is 57.9. The fraction of sp³-hybridized carbons (Fsp3) is 0.963. The van der Waals surface area contributed by atoms with Crippen molar-refractivity contribution in [2.45, 2.75) is 247 Å². The molecule has 0 amide bonds. The van der Waals surface area contributed by atoms with Gasteiger partial charge in [-0.25, -0.2) is 0 Å². The second kappa shape index (κ2) is 20.3. The van der Waals surface area contributed by atoms with E-state index in [4.69, 9.17) is 42.6 Å². The van der Waals surface area contributed by atoms with E-state index in [9.17, 15) is 66.4 Å². The molecule has 5 heterocycles. The van der Waals surface area contributed by atoms with Crippen molar-refractivity contribution in [1.82, 2.24) is 0 Å². The van der Waals surface area contributed by atoms with Gasteiger partial charge in [0.25, 0.3) is 0 Å². The highest BCUT2D eigenvalue weighted by Crippen LogP contribution is 2.79. The third kappa shape index (κ3) is 8.54. The van der Waals surface area contributed by atoms with Gasteiger partial charge in [-0.1, -0.05) is 53.7 Å². The van der Waals surface area contributed by atoms with Crippen molar-refractivity contribution >= 4 is 0 Å². The maximum atomic E-state index is 11.8. The van der Waals surface area contributed by atoms with E-state index >= 15 is 0 Å². The van der Waals surface area contributed by atoms with E-state index in [1.807, 2.05) is 6.92 Å². The third-order valence-electron chi connectivity index (χ3n) is 22.1. The molecule has 436 valence electrons. The lowest BCUT2D eigenvalue weighted by Crippen LogP contribution is -2.73. The summed E-state index contributed by atoms with van der Waals surface area (Å²) in [5, 5.41) is 142. The van der Waals surface area contributed by atoms with Crippen LogP contribution in [0.15, 0.2) is 12.2 Å². The summed E-state index contributed by atoms with van der Waals surface area (Å²) >= 11 is 0. The summed E-state index contributed by atoms with van der Waals surface area (Å²) in [6.07, 6.45) is -21.9. The number of rotatable bonds is 11. The van der Waals surface area contributed by atoms with Crippen LogP contribution in [0.2, 0.25) is 0 Å². The molecule has 9 fully saturated rings. The van der Waals surface area contributed by atoms with Gasteiger partial charge in [0.1, 0.15) is 85.5 Å². The molecule has 4 saturated carbocycles. The normalized spacial score (nSPS) is 58.7. The molecule has 22 nitrogen and oxygen atoms in total. The maximum Gasteiger partial charge on any atom is 0.187 e. The van der Waals surface area contributed by atoms with Gasteiger partial charge in [0.05, 0.1) is 56.4 Å². The highest BCUT2D eigenvalue weighted by molar-refractivity contribution is 5.36. The highest BCUT2D eigenvalue weighted by atomic mass is 16.8. The Labute approximate surface area is 444 Å². The van der Waals surface area contributed by atoms with Gasteiger partial charge in [-0.2, -0.15) is 0 Å². The second-order valence-electron chi connectivity index (χ2n) is 26.6.